The van der Waals surface area contributed by atoms with Crippen molar-refractivity contribution in [2.45, 2.75) is 46.6 Å². The van der Waals surface area contributed by atoms with E-state index in [1.54, 1.807) is 0 Å². The summed E-state index contributed by atoms with van der Waals surface area (Å²) in [4.78, 5) is 0. The predicted octanol–water partition coefficient (Wildman–Crippen LogP) is 4.30. The zero-order valence-corrected chi connectivity index (χ0v) is 12.1. The third kappa shape index (κ3) is 4.33. The van der Waals surface area contributed by atoms with Crippen LogP contribution in [0.5, 0.6) is 0 Å². The van der Waals surface area contributed by atoms with Crippen LogP contribution in [0.3, 0.4) is 0 Å². The minimum absolute atomic E-state index is 0.304. The smallest absolute Gasteiger partial charge is 0.0408 e. The average molecular weight is 254 g/mol. The maximum absolute atomic E-state index is 6.03. The van der Waals surface area contributed by atoms with E-state index in [9.17, 15) is 0 Å². The summed E-state index contributed by atoms with van der Waals surface area (Å²) in [5.74, 6) is 0. The lowest BCUT2D eigenvalue weighted by molar-refractivity contribution is 0.233. The lowest BCUT2D eigenvalue weighted by atomic mass is 9.79. The van der Waals surface area contributed by atoms with Crippen LogP contribution in [0.2, 0.25) is 5.02 Å². The van der Waals surface area contributed by atoms with E-state index in [4.69, 9.17) is 11.6 Å². The summed E-state index contributed by atoms with van der Waals surface area (Å²) in [6, 6.07) is 8.67. The van der Waals surface area contributed by atoms with E-state index >= 15 is 0 Å². The molecule has 2 heteroatoms. The summed E-state index contributed by atoms with van der Waals surface area (Å²) >= 11 is 6.03. The molecule has 0 radical (unpaired) electrons. The highest BCUT2D eigenvalue weighted by Crippen LogP contribution is 2.27. The first kappa shape index (κ1) is 14.5. The molecule has 0 aromatic heterocycles. The molecular weight excluding hydrogens is 230 g/mol. The van der Waals surface area contributed by atoms with Gasteiger partial charge in [-0.05, 0) is 42.5 Å². The van der Waals surface area contributed by atoms with Gasteiger partial charge in [0.25, 0.3) is 0 Å². The molecule has 0 amide bonds. The van der Waals surface area contributed by atoms with E-state index in [0.717, 1.165) is 18.0 Å². The zero-order chi connectivity index (χ0) is 12.9. The Kier molecular flexibility index (Phi) is 5.48. The first-order valence-corrected chi connectivity index (χ1v) is 6.85. The van der Waals surface area contributed by atoms with Crippen molar-refractivity contribution < 1.29 is 0 Å². The Morgan fingerprint density at radius 3 is 2.53 bits per heavy atom. The van der Waals surface area contributed by atoms with Crippen molar-refractivity contribution in [3.05, 3.63) is 34.9 Å². The van der Waals surface area contributed by atoms with Crippen LogP contribution < -0.4 is 5.32 Å². The van der Waals surface area contributed by atoms with Crippen LogP contribution in [0.4, 0.5) is 0 Å². The lowest BCUT2D eigenvalue weighted by Crippen LogP contribution is -2.43. The highest BCUT2D eigenvalue weighted by molar-refractivity contribution is 6.30. The van der Waals surface area contributed by atoms with Gasteiger partial charge in [-0.15, -0.1) is 0 Å². The molecule has 0 bridgehead atoms. The van der Waals surface area contributed by atoms with Crippen molar-refractivity contribution in [3.63, 3.8) is 0 Å². The van der Waals surface area contributed by atoms with Gasteiger partial charge in [-0.25, -0.2) is 0 Å². The predicted molar refractivity (Wildman–Crippen MR) is 76.7 cm³/mol. The Morgan fingerprint density at radius 1 is 1.29 bits per heavy atom. The molecule has 0 heterocycles. The van der Waals surface area contributed by atoms with E-state index in [2.05, 4.69) is 45.1 Å². The van der Waals surface area contributed by atoms with Gasteiger partial charge in [0.05, 0.1) is 0 Å². The summed E-state index contributed by atoms with van der Waals surface area (Å²) in [5.41, 5.74) is 1.61. The van der Waals surface area contributed by atoms with Crippen molar-refractivity contribution >= 4 is 11.6 Å². The number of likely N-dealkylation sites (N-methyl/N-ethyl adjacent to an activating group) is 1. The maximum atomic E-state index is 6.03. The third-order valence-electron chi connectivity index (χ3n) is 3.63. The number of nitrogens with one attached hydrogen (secondary N) is 1. The second-order valence-electron chi connectivity index (χ2n) is 5.29. The fraction of sp³-hybridized carbons (Fsp3) is 0.600. The zero-order valence-electron chi connectivity index (χ0n) is 11.4. The molecule has 0 spiro atoms. The number of rotatable bonds is 6. The normalized spacial score (nSPS) is 13.7. The fourth-order valence-corrected chi connectivity index (χ4v) is 2.23. The number of hydrogen-bond donors (Lipinski definition) is 1. The molecule has 96 valence electrons. The minimum Gasteiger partial charge on any atom is -0.313 e. The Morgan fingerprint density at radius 2 is 2.00 bits per heavy atom. The molecule has 1 aromatic rings. The van der Waals surface area contributed by atoms with Crippen molar-refractivity contribution in [1.29, 1.82) is 0 Å². The van der Waals surface area contributed by atoms with Gasteiger partial charge in [-0.1, -0.05) is 51.4 Å². The number of hydrogen-bond acceptors (Lipinski definition) is 1. The Bertz CT molecular complexity index is 347. The van der Waals surface area contributed by atoms with Crippen molar-refractivity contribution in [2.24, 2.45) is 5.41 Å². The molecule has 0 fully saturated rings. The fourth-order valence-electron chi connectivity index (χ4n) is 2.02. The monoisotopic (exact) mass is 253 g/mol. The second-order valence-corrected chi connectivity index (χ2v) is 5.72. The number of benzene rings is 1. The number of halogens is 1. The molecule has 0 saturated heterocycles. The molecule has 1 rings (SSSR count). The molecule has 0 aliphatic carbocycles. The largest absolute Gasteiger partial charge is 0.313 e. The molecule has 1 unspecified atom stereocenters. The molecule has 0 aliphatic rings. The third-order valence-corrected chi connectivity index (χ3v) is 3.87. The quantitative estimate of drug-likeness (QED) is 0.797. The molecule has 1 atom stereocenters. The van der Waals surface area contributed by atoms with Gasteiger partial charge >= 0.3 is 0 Å². The van der Waals surface area contributed by atoms with Crippen LogP contribution in [-0.2, 0) is 6.42 Å². The van der Waals surface area contributed by atoms with Gasteiger partial charge in [0.2, 0.25) is 0 Å². The van der Waals surface area contributed by atoms with Crippen molar-refractivity contribution in [3.8, 4) is 0 Å². The van der Waals surface area contributed by atoms with Gasteiger partial charge in [-0.3, -0.25) is 0 Å². The standard InChI is InChI=1S/C15H24ClN/c1-5-15(3,4)14(17-6-2)11-12-8-7-9-13(16)10-12/h7-10,14,17H,5-6,11H2,1-4H3. The first-order valence-electron chi connectivity index (χ1n) is 6.47. The molecular formula is C15H24ClN. The van der Waals surface area contributed by atoms with Crippen LogP contribution in [0, 0.1) is 5.41 Å². The molecule has 17 heavy (non-hydrogen) atoms. The Hall–Kier alpha value is -0.530. The van der Waals surface area contributed by atoms with Crippen LogP contribution in [0.25, 0.3) is 0 Å². The molecule has 0 saturated carbocycles. The summed E-state index contributed by atoms with van der Waals surface area (Å²) < 4.78 is 0. The average Bonchev–Trinajstić information content (AvgIpc) is 2.28. The van der Waals surface area contributed by atoms with Crippen LogP contribution >= 0.6 is 11.6 Å². The van der Waals surface area contributed by atoms with E-state index in [1.165, 1.54) is 12.0 Å². The summed E-state index contributed by atoms with van der Waals surface area (Å²) in [5, 5.41) is 4.42. The highest BCUT2D eigenvalue weighted by Gasteiger charge is 2.26. The van der Waals surface area contributed by atoms with E-state index in [-0.39, 0.29) is 0 Å². The van der Waals surface area contributed by atoms with E-state index < -0.39 is 0 Å². The Labute approximate surface area is 111 Å². The van der Waals surface area contributed by atoms with Crippen LogP contribution in [-0.4, -0.2) is 12.6 Å². The van der Waals surface area contributed by atoms with Gasteiger partial charge in [0, 0.05) is 11.1 Å². The molecule has 0 aliphatic heterocycles. The summed E-state index contributed by atoms with van der Waals surface area (Å²) in [6.07, 6.45) is 2.21. The van der Waals surface area contributed by atoms with Crippen molar-refractivity contribution in [2.75, 3.05) is 6.54 Å². The molecule has 1 N–H and O–H groups in total. The first-order chi connectivity index (χ1) is 7.99. The van der Waals surface area contributed by atoms with Crippen molar-refractivity contribution in [1.82, 2.24) is 5.32 Å². The van der Waals surface area contributed by atoms with Crippen LogP contribution in [0.15, 0.2) is 24.3 Å². The SMILES string of the molecule is CCNC(Cc1cccc(Cl)c1)C(C)(C)CC. The Balaban J connectivity index is 2.80. The van der Waals surface area contributed by atoms with E-state index in [1.807, 2.05) is 12.1 Å². The maximum Gasteiger partial charge on any atom is 0.0408 e. The summed E-state index contributed by atoms with van der Waals surface area (Å²) in [7, 11) is 0. The lowest BCUT2D eigenvalue weighted by Gasteiger charge is -2.34. The van der Waals surface area contributed by atoms with Gasteiger partial charge in [-0.2, -0.15) is 0 Å². The summed E-state index contributed by atoms with van der Waals surface area (Å²) in [6.45, 7) is 10.1. The van der Waals surface area contributed by atoms with Gasteiger partial charge in [0.15, 0.2) is 0 Å². The molecule has 1 aromatic carbocycles. The van der Waals surface area contributed by atoms with Crippen LogP contribution in [0.1, 0.15) is 39.7 Å². The van der Waals surface area contributed by atoms with E-state index in [0.29, 0.717) is 11.5 Å². The minimum atomic E-state index is 0.304. The topological polar surface area (TPSA) is 12.0 Å². The molecule has 1 nitrogen and oxygen atoms in total. The van der Waals surface area contributed by atoms with Gasteiger partial charge in [0.1, 0.15) is 0 Å². The van der Waals surface area contributed by atoms with Gasteiger partial charge < -0.3 is 5.32 Å². The highest BCUT2D eigenvalue weighted by atomic mass is 35.5. The second kappa shape index (κ2) is 6.42.